The van der Waals surface area contributed by atoms with Gasteiger partial charge in [0.2, 0.25) is 0 Å². The molecule has 1 saturated heterocycles. The fraction of sp³-hybridized carbons (Fsp3) is 0.684. The number of anilines is 1. The Kier molecular flexibility index (Phi) is 5.59. The monoisotopic (exact) mass is 329 g/mol. The second kappa shape index (κ2) is 7.86. The second-order valence-corrected chi connectivity index (χ2v) is 7.35. The zero-order valence-electron chi connectivity index (χ0n) is 15.2. The molecule has 0 unspecified atom stereocenters. The molecule has 0 atom stereocenters. The Morgan fingerprint density at radius 3 is 2.58 bits per heavy atom. The van der Waals surface area contributed by atoms with Gasteiger partial charge in [0.25, 0.3) is 0 Å². The maximum atomic E-state index is 4.99. The van der Waals surface area contributed by atoms with Gasteiger partial charge in [0.15, 0.2) is 5.96 Å². The standard InChI is InChI=1S/C19H31N5/c1-3-20-18(22-16-19(2)9-5-6-10-19)24-14-12-23(13-15-24)17-8-4-7-11-21-17/h4,7-8,11H,3,5-6,9-10,12-16H2,1-2H3,(H,20,22). The number of rotatable bonds is 4. The number of hydrogen-bond acceptors (Lipinski definition) is 3. The molecule has 0 radical (unpaired) electrons. The quantitative estimate of drug-likeness (QED) is 0.681. The van der Waals surface area contributed by atoms with E-state index in [1.54, 1.807) is 0 Å². The van der Waals surface area contributed by atoms with Gasteiger partial charge in [0, 0.05) is 45.5 Å². The van der Waals surface area contributed by atoms with Crippen LogP contribution in [0.3, 0.4) is 0 Å². The van der Waals surface area contributed by atoms with Crippen LogP contribution in [0.5, 0.6) is 0 Å². The minimum atomic E-state index is 0.413. The van der Waals surface area contributed by atoms with E-state index in [1.807, 2.05) is 12.3 Å². The Morgan fingerprint density at radius 2 is 1.96 bits per heavy atom. The maximum absolute atomic E-state index is 4.99. The molecular weight excluding hydrogens is 298 g/mol. The molecule has 24 heavy (non-hydrogen) atoms. The lowest BCUT2D eigenvalue weighted by molar-refractivity contribution is 0.338. The first-order valence-electron chi connectivity index (χ1n) is 9.39. The number of guanidine groups is 1. The Morgan fingerprint density at radius 1 is 1.21 bits per heavy atom. The molecule has 1 aliphatic heterocycles. The van der Waals surface area contributed by atoms with Crippen molar-refractivity contribution < 1.29 is 0 Å². The van der Waals surface area contributed by atoms with Gasteiger partial charge in [0.1, 0.15) is 5.82 Å². The van der Waals surface area contributed by atoms with Crippen molar-refractivity contribution in [2.45, 2.75) is 39.5 Å². The van der Waals surface area contributed by atoms with Crippen LogP contribution in [0, 0.1) is 5.41 Å². The Bertz CT molecular complexity index is 528. The van der Waals surface area contributed by atoms with E-state index in [2.05, 4.69) is 46.1 Å². The molecule has 2 fully saturated rings. The Hall–Kier alpha value is -1.78. The fourth-order valence-corrected chi connectivity index (χ4v) is 3.77. The highest BCUT2D eigenvalue weighted by Crippen LogP contribution is 2.37. The van der Waals surface area contributed by atoms with Gasteiger partial charge in [-0.2, -0.15) is 0 Å². The molecular formula is C19H31N5. The number of piperazine rings is 1. The van der Waals surface area contributed by atoms with Crippen molar-refractivity contribution >= 4 is 11.8 Å². The molecule has 0 amide bonds. The highest BCUT2D eigenvalue weighted by molar-refractivity contribution is 5.80. The molecule has 1 saturated carbocycles. The smallest absolute Gasteiger partial charge is 0.194 e. The molecule has 1 aromatic heterocycles. The van der Waals surface area contributed by atoms with Gasteiger partial charge in [-0.1, -0.05) is 25.8 Å². The van der Waals surface area contributed by atoms with Crippen molar-refractivity contribution in [1.82, 2.24) is 15.2 Å². The summed E-state index contributed by atoms with van der Waals surface area (Å²) in [4.78, 5) is 14.2. The highest BCUT2D eigenvalue weighted by atomic mass is 15.4. The molecule has 5 nitrogen and oxygen atoms in total. The van der Waals surface area contributed by atoms with E-state index in [4.69, 9.17) is 4.99 Å². The molecule has 2 heterocycles. The van der Waals surface area contributed by atoms with Crippen LogP contribution in [0.4, 0.5) is 5.82 Å². The fourth-order valence-electron chi connectivity index (χ4n) is 3.77. The minimum Gasteiger partial charge on any atom is -0.357 e. The van der Waals surface area contributed by atoms with Crippen molar-refractivity contribution in [3.05, 3.63) is 24.4 Å². The molecule has 1 aliphatic carbocycles. The van der Waals surface area contributed by atoms with Gasteiger partial charge in [0.05, 0.1) is 0 Å². The van der Waals surface area contributed by atoms with Gasteiger partial charge >= 0.3 is 0 Å². The largest absolute Gasteiger partial charge is 0.357 e. The van der Waals surface area contributed by atoms with Crippen LogP contribution >= 0.6 is 0 Å². The summed E-state index contributed by atoms with van der Waals surface area (Å²) in [6.45, 7) is 10.4. The van der Waals surface area contributed by atoms with Crippen LogP contribution in [0.25, 0.3) is 0 Å². The molecule has 1 N–H and O–H groups in total. The first-order valence-corrected chi connectivity index (χ1v) is 9.39. The van der Waals surface area contributed by atoms with E-state index >= 15 is 0 Å². The number of hydrogen-bond donors (Lipinski definition) is 1. The van der Waals surface area contributed by atoms with E-state index in [1.165, 1.54) is 25.7 Å². The average Bonchev–Trinajstić information content (AvgIpc) is 3.06. The number of nitrogens with one attached hydrogen (secondary N) is 1. The van der Waals surface area contributed by atoms with Crippen LogP contribution in [0.1, 0.15) is 39.5 Å². The average molecular weight is 329 g/mol. The molecule has 3 rings (SSSR count). The third kappa shape index (κ3) is 4.19. The lowest BCUT2D eigenvalue weighted by Gasteiger charge is -2.37. The summed E-state index contributed by atoms with van der Waals surface area (Å²) in [5.74, 6) is 2.17. The summed E-state index contributed by atoms with van der Waals surface area (Å²) in [6.07, 6.45) is 7.25. The second-order valence-electron chi connectivity index (χ2n) is 7.35. The van der Waals surface area contributed by atoms with Crippen LogP contribution in [-0.4, -0.2) is 55.1 Å². The van der Waals surface area contributed by atoms with Crippen molar-refractivity contribution in [1.29, 1.82) is 0 Å². The van der Waals surface area contributed by atoms with Crippen molar-refractivity contribution in [3.63, 3.8) is 0 Å². The van der Waals surface area contributed by atoms with E-state index in [9.17, 15) is 0 Å². The van der Waals surface area contributed by atoms with E-state index in [-0.39, 0.29) is 0 Å². The Labute approximate surface area is 146 Å². The zero-order chi connectivity index (χ0) is 16.8. The molecule has 2 aliphatic rings. The molecule has 0 aromatic carbocycles. The topological polar surface area (TPSA) is 43.8 Å². The summed E-state index contributed by atoms with van der Waals surface area (Å²) in [7, 11) is 0. The van der Waals surface area contributed by atoms with E-state index in [0.29, 0.717) is 5.41 Å². The van der Waals surface area contributed by atoms with Gasteiger partial charge < -0.3 is 15.1 Å². The van der Waals surface area contributed by atoms with Crippen LogP contribution in [0.15, 0.2) is 29.4 Å². The van der Waals surface area contributed by atoms with E-state index < -0.39 is 0 Å². The van der Waals surface area contributed by atoms with Gasteiger partial charge in [-0.25, -0.2) is 4.98 Å². The van der Waals surface area contributed by atoms with Crippen molar-refractivity contribution in [2.24, 2.45) is 10.4 Å². The predicted octanol–water partition coefficient (Wildman–Crippen LogP) is 2.75. The normalized spacial score (nSPS) is 21.2. The summed E-state index contributed by atoms with van der Waals surface area (Å²) in [5, 5.41) is 3.49. The molecule has 1 aromatic rings. The van der Waals surface area contributed by atoms with E-state index in [0.717, 1.165) is 51.0 Å². The summed E-state index contributed by atoms with van der Waals surface area (Å²) >= 11 is 0. The van der Waals surface area contributed by atoms with Crippen LogP contribution in [-0.2, 0) is 0 Å². The minimum absolute atomic E-state index is 0.413. The Balaban J connectivity index is 1.59. The van der Waals surface area contributed by atoms with Crippen LogP contribution in [0.2, 0.25) is 0 Å². The maximum Gasteiger partial charge on any atom is 0.194 e. The molecule has 5 heteroatoms. The summed E-state index contributed by atoms with van der Waals surface area (Å²) < 4.78 is 0. The first kappa shape index (κ1) is 17.1. The summed E-state index contributed by atoms with van der Waals surface area (Å²) in [5.41, 5.74) is 0.413. The summed E-state index contributed by atoms with van der Waals surface area (Å²) in [6, 6.07) is 6.12. The number of aliphatic imine (C=N–C) groups is 1. The highest BCUT2D eigenvalue weighted by Gasteiger charge is 2.29. The van der Waals surface area contributed by atoms with Crippen molar-refractivity contribution in [2.75, 3.05) is 44.2 Å². The third-order valence-electron chi connectivity index (χ3n) is 5.31. The number of nitrogens with zero attached hydrogens (tertiary/aromatic N) is 4. The van der Waals surface area contributed by atoms with Gasteiger partial charge in [-0.15, -0.1) is 0 Å². The zero-order valence-corrected chi connectivity index (χ0v) is 15.2. The third-order valence-corrected chi connectivity index (χ3v) is 5.31. The number of aromatic nitrogens is 1. The number of pyridine rings is 1. The van der Waals surface area contributed by atoms with Gasteiger partial charge in [-0.05, 0) is 37.3 Å². The molecule has 0 bridgehead atoms. The van der Waals surface area contributed by atoms with Crippen LogP contribution < -0.4 is 10.2 Å². The first-order chi connectivity index (χ1) is 11.7. The SMILES string of the molecule is CCNC(=NCC1(C)CCCC1)N1CCN(c2ccccn2)CC1. The lowest BCUT2D eigenvalue weighted by atomic mass is 9.89. The van der Waals surface area contributed by atoms with Gasteiger partial charge in [-0.3, -0.25) is 4.99 Å². The molecule has 0 spiro atoms. The van der Waals surface area contributed by atoms with Crippen molar-refractivity contribution in [3.8, 4) is 0 Å². The predicted molar refractivity (Wildman–Crippen MR) is 101 cm³/mol. The lowest BCUT2D eigenvalue weighted by Crippen LogP contribution is -2.53. The molecule has 132 valence electrons.